The molecule has 2 saturated heterocycles. The summed E-state index contributed by atoms with van der Waals surface area (Å²) in [7, 11) is 2.19. The van der Waals surface area contributed by atoms with Crippen LogP contribution in [0.25, 0.3) is 33.2 Å². The Morgan fingerprint density at radius 1 is 0.868 bits per heavy atom. The predicted molar refractivity (Wildman–Crippen MR) is 153 cm³/mol. The van der Waals surface area contributed by atoms with Gasteiger partial charge in [-0.05, 0) is 32.2 Å². The number of pyridine rings is 1. The summed E-state index contributed by atoms with van der Waals surface area (Å²) < 4.78 is 13.8. The highest BCUT2D eigenvalue weighted by Crippen LogP contribution is 2.34. The number of piperazine rings is 1. The van der Waals surface area contributed by atoms with Crippen molar-refractivity contribution in [2.45, 2.75) is 20.1 Å². The van der Waals surface area contributed by atoms with Crippen molar-refractivity contribution in [3.8, 4) is 11.3 Å². The lowest BCUT2D eigenvalue weighted by atomic mass is 10.1. The van der Waals surface area contributed by atoms with E-state index in [-0.39, 0.29) is 0 Å². The van der Waals surface area contributed by atoms with Crippen LogP contribution in [0.3, 0.4) is 0 Å². The van der Waals surface area contributed by atoms with Crippen LogP contribution in [0.1, 0.15) is 12.7 Å². The third kappa shape index (κ3) is 5.14. The Morgan fingerprint density at radius 3 is 2.39 bits per heavy atom. The van der Waals surface area contributed by atoms with Crippen molar-refractivity contribution in [2.24, 2.45) is 0 Å². The zero-order chi connectivity index (χ0) is 25.9. The molecule has 2 fully saturated rings. The van der Waals surface area contributed by atoms with E-state index in [0.29, 0.717) is 13.2 Å². The number of imidazole rings is 1. The number of hydrogen-bond donors (Lipinski definition) is 0. The van der Waals surface area contributed by atoms with E-state index in [1.165, 1.54) is 5.69 Å². The highest BCUT2D eigenvalue weighted by atomic mass is 16.5. The van der Waals surface area contributed by atoms with E-state index in [0.717, 1.165) is 105 Å². The first-order valence-corrected chi connectivity index (χ1v) is 13.9. The maximum absolute atomic E-state index is 5.88. The summed E-state index contributed by atoms with van der Waals surface area (Å²) in [5, 5.41) is 1.14. The number of anilines is 1. The van der Waals surface area contributed by atoms with Crippen LogP contribution in [0.15, 0.2) is 48.5 Å². The van der Waals surface area contributed by atoms with E-state index in [9.17, 15) is 0 Å². The van der Waals surface area contributed by atoms with Crippen molar-refractivity contribution >= 4 is 27.6 Å². The van der Waals surface area contributed by atoms with Gasteiger partial charge in [0.1, 0.15) is 17.9 Å². The lowest BCUT2D eigenvalue weighted by molar-refractivity contribution is 0.0361. The van der Waals surface area contributed by atoms with Crippen molar-refractivity contribution < 1.29 is 9.47 Å². The van der Waals surface area contributed by atoms with Gasteiger partial charge in [-0.3, -0.25) is 4.90 Å². The molecule has 0 N–H and O–H groups in total. The van der Waals surface area contributed by atoms with Crippen LogP contribution in [-0.2, 0) is 22.6 Å². The largest absolute Gasteiger partial charge is 0.379 e. The van der Waals surface area contributed by atoms with Crippen LogP contribution in [0.2, 0.25) is 0 Å². The molecule has 0 aliphatic carbocycles. The van der Waals surface area contributed by atoms with Crippen LogP contribution in [0, 0.1) is 0 Å². The van der Waals surface area contributed by atoms with Crippen LogP contribution in [0.5, 0.6) is 0 Å². The number of nitrogens with zero attached hydrogens (tertiary/aromatic N) is 6. The zero-order valence-electron chi connectivity index (χ0n) is 22.6. The van der Waals surface area contributed by atoms with E-state index in [1.807, 2.05) is 6.92 Å². The third-order valence-corrected chi connectivity index (χ3v) is 7.85. The molecule has 2 aromatic carbocycles. The second-order valence-electron chi connectivity index (χ2n) is 10.3. The fourth-order valence-electron chi connectivity index (χ4n) is 5.59. The second kappa shape index (κ2) is 11.4. The van der Waals surface area contributed by atoms with Gasteiger partial charge in [-0.2, -0.15) is 0 Å². The Kier molecular flexibility index (Phi) is 7.56. The molecule has 6 rings (SSSR count). The molecule has 200 valence electrons. The van der Waals surface area contributed by atoms with E-state index in [4.69, 9.17) is 19.4 Å². The van der Waals surface area contributed by atoms with Crippen molar-refractivity contribution in [1.82, 2.24) is 24.3 Å². The second-order valence-corrected chi connectivity index (χ2v) is 10.3. The van der Waals surface area contributed by atoms with Gasteiger partial charge < -0.3 is 23.8 Å². The van der Waals surface area contributed by atoms with Gasteiger partial charge in [-0.25, -0.2) is 9.97 Å². The SMILES string of the molecule is CCOCc1nc2c(-c3ccc(N4CCN(C)CC4)cc3)nc3ccccc3c2n1CCN1CCOCC1. The highest BCUT2D eigenvalue weighted by molar-refractivity contribution is 6.08. The smallest absolute Gasteiger partial charge is 0.136 e. The van der Waals surface area contributed by atoms with Gasteiger partial charge in [0, 0.05) is 75.6 Å². The van der Waals surface area contributed by atoms with E-state index >= 15 is 0 Å². The molecule has 2 aliphatic rings. The van der Waals surface area contributed by atoms with Crippen LogP contribution in [-0.4, -0.2) is 97.0 Å². The molecule has 0 radical (unpaired) electrons. The molecular weight excluding hydrogens is 476 g/mol. The zero-order valence-corrected chi connectivity index (χ0v) is 22.6. The Hall–Kier alpha value is -3.04. The molecule has 4 heterocycles. The van der Waals surface area contributed by atoms with E-state index < -0.39 is 0 Å². The summed E-state index contributed by atoms with van der Waals surface area (Å²) in [6.07, 6.45) is 0. The Bertz CT molecular complexity index is 1370. The fourth-order valence-corrected chi connectivity index (χ4v) is 5.59. The maximum Gasteiger partial charge on any atom is 0.136 e. The van der Waals surface area contributed by atoms with Crippen molar-refractivity contribution in [3.63, 3.8) is 0 Å². The minimum absolute atomic E-state index is 0.490. The molecule has 2 aliphatic heterocycles. The molecule has 0 bridgehead atoms. The predicted octanol–water partition coefficient (Wildman–Crippen LogP) is 3.87. The van der Waals surface area contributed by atoms with Gasteiger partial charge in [-0.15, -0.1) is 0 Å². The first kappa shape index (κ1) is 25.2. The summed E-state index contributed by atoms with van der Waals surface area (Å²) in [6.45, 7) is 12.9. The number of aromatic nitrogens is 3. The quantitative estimate of drug-likeness (QED) is 0.354. The summed E-state index contributed by atoms with van der Waals surface area (Å²) in [6, 6.07) is 17.3. The number of hydrogen-bond acceptors (Lipinski definition) is 7. The van der Waals surface area contributed by atoms with E-state index in [2.05, 4.69) is 74.8 Å². The average Bonchev–Trinajstić information content (AvgIpc) is 3.34. The summed E-state index contributed by atoms with van der Waals surface area (Å²) in [5.74, 6) is 0.962. The minimum atomic E-state index is 0.490. The summed E-state index contributed by atoms with van der Waals surface area (Å²) in [4.78, 5) is 17.6. The normalized spacial score (nSPS) is 17.6. The summed E-state index contributed by atoms with van der Waals surface area (Å²) in [5.41, 5.74) is 6.40. The Morgan fingerprint density at radius 2 is 1.63 bits per heavy atom. The molecule has 38 heavy (non-hydrogen) atoms. The first-order chi connectivity index (χ1) is 18.7. The highest BCUT2D eigenvalue weighted by Gasteiger charge is 2.21. The standard InChI is InChI=1S/C30H38N6O2/c1-3-37-22-27-32-29-28(23-8-10-24(11-9-23)35-15-12-33(2)13-16-35)31-26-7-5-4-6-25(26)30(29)36(27)17-14-34-18-20-38-21-19-34/h4-11H,3,12-22H2,1-2H3. The van der Waals surface area contributed by atoms with Gasteiger partial charge >= 0.3 is 0 Å². The number of rotatable bonds is 8. The molecule has 2 aromatic heterocycles. The monoisotopic (exact) mass is 514 g/mol. The molecule has 0 amide bonds. The molecule has 0 spiro atoms. The lowest BCUT2D eigenvalue weighted by Gasteiger charge is -2.34. The van der Waals surface area contributed by atoms with Gasteiger partial charge in [0.25, 0.3) is 0 Å². The topological polar surface area (TPSA) is 58.9 Å². The Balaban J connectivity index is 1.41. The Labute approximate surface area is 224 Å². The average molecular weight is 515 g/mol. The lowest BCUT2D eigenvalue weighted by Crippen LogP contribution is -2.44. The van der Waals surface area contributed by atoms with Crippen molar-refractivity contribution in [1.29, 1.82) is 0 Å². The number of para-hydroxylation sites is 1. The van der Waals surface area contributed by atoms with Gasteiger partial charge in [-0.1, -0.05) is 30.3 Å². The minimum Gasteiger partial charge on any atom is -0.379 e. The van der Waals surface area contributed by atoms with Gasteiger partial charge in [0.05, 0.1) is 29.9 Å². The number of benzene rings is 2. The molecule has 0 atom stereocenters. The summed E-state index contributed by atoms with van der Waals surface area (Å²) >= 11 is 0. The van der Waals surface area contributed by atoms with Crippen LogP contribution < -0.4 is 4.90 Å². The molecule has 8 nitrogen and oxygen atoms in total. The third-order valence-electron chi connectivity index (χ3n) is 7.85. The maximum atomic E-state index is 5.88. The number of likely N-dealkylation sites (N-methyl/N-ethyl adjacent to an activating group) is 1. The number of fused-ring (bicyclic) bond motifs is 3. The fraction of sp³-hybridized carbons (Fsp3) is 0.467. The molecule has 0 saturated carbocycles. The molecular formula is C30H38N6O2. The molecule has 4 aromatic rings. The molecule has 0 unspecified atom stereocenters. The van der Waals surface area contributed by atoms with Crippen LogP contribution >= 0.6 is 0 Å². The van der Waals surface area contributed by atoms with E-state index in [1.54, 1.807) is 0 Å². The number of morpholine rings is 1. The van der Waals surface area contributed by atoms with Crippen LogP contribution in [0.4, 0.5) is 5.69 Å². The first-order valence-electron chi connectivity index (χ1n) is 13.9. The van der Waals surface area contributed by atoms with Gasteiger partial charge in [0.15, 0.2) is 0 Å². The van der Waals surface area contributed by atoms with Gasteiger partial charge in [0.2, 0.25) is 0 Å². The van der Waals surface area contributed by atoms with Crippen molar-refractivity contribution in [3.05, 3.63) is 54.4 Å². The molecule has 8 heteroatoms. The number of ether oxygens (including phenoxy) is 2. The van der Waals surface area contributed by atoms with Crippen molar-refractivity contribution in [2.75, 3.05) is 77.6 Å².